The van der Waals surface area contributed by atoms with Crippen LogP contribution in [0.2, 0.25) is 0 Å². The van der Waals surface area contributed by atoms with Crippen molar-refractivity contribution in [3.63, 3.8) is 0 Å². The molecule has 6 aromatic rings. The molecule has 3 aromatic heterocycles. The summed E-state index contributed by atoms with van der Waals surface area (Å²) in [7, 11) is 6.05. The molecule has 5 N–H and O–H groups in total. The van der Waals surface area contributed by atoms with E-state index in [0.29, 0.717) is 58.2 Å². The molecule has 0 saturated carbocycles. The van der Waals surface area contributed by atoms with Gasteiger partial charge >= 0.3 is 6.03 Å². The van der Waals surface area contributed by atoms with Crippen LogP contribution in [0.1, 0.15) is 126 Å². The molecule has 9 aliphatic rings. The number of piperazine rings is 1. The number of halogens is 1. The molecule has 3 aromatic carbocycles. The van der Waals surface area contributed by atoms with Gasteiger partial charge in [0.25, 0.3) is 11.8 Å². The number of ketones is 1. The van der Waals surface area contributed by atoms with Gasteiger partial charge in [-0.3, -0.25) is 43.7 Å². The van der Waals surface area contributed by atoms with Crippen LogP contribution in [0.25, 0.3) is 43.9 Å². The highest BCUT2D eigenvalue weighted by Crippen LogP contribution is 2.52. The van der Waals surface area contributed by atoms with Crippen molar-refractivity contribution in [3.8, 4) is 0 Å². The van der Waals surface area contributed by atoms with Gasteiger partial charge in [0, 0.05) is 127 Å². The maximum absolute atomic E-state index is 14.5. The minimum absolute atomic E-state index is 0.0912. The summed E-state index contributed by atoms with van der Waals surface area (Å²) in [5, 5.41) is 19.0. The highest BCUT2D eigenvalue weighted by Gasteiger charge is 2.71. The summed E-state index contributed by atoms with van der Waals surface area (Å²) in [6.45, 7) is 22.5. The number of piperidine rings is 1. The molecule has 0 unspecified atom stereocenters. The number of aromatic nitrogens is 3. The smallest absolute Gasteiger partial charge is 0.324 e. The van der Waals surface area contributed by atoms with E-state index in [9.17, 15) is 29.1 Å². The fourth-order valence-corrected chi connectivity index (χ4v) is 19.7. The van der Waals surface area contributed by atoms with Gasteiger partial charge in [0.2, 0.25) is 11.8 Å². The third kappa shape index (κ3) is 12.6. The second-order valence-corrected chi connectivity index (χ2v) is 31.9. The second kappa shape index (κ2) is 28.6. The van der Waals surface area contributed by atoms with Crippen molar-refractivity contribution < 1.29 is 33.8 Å². The number of Topliss-reactive ketones (excluding diaryl/α,β-unsaturated/α-hetero) is 1. The number of amides is 5. The molecular formula is C78H102BrN11O7S. The molecule has 15 rings (SSSR count). The number of H-pyrrole nitrogens is 3. The van der Waals surface area contributed by atoms with Crippen LogP contribution in [0.4, 0.5) is 4.79 Å². The summed E-state index contributed by atoms with van der Waals surface area (Å²) in [6, 6.07) is 18.7. The van der Waals surface area contributed by atoms with Gasteiger partial charge in [0.05, 0.1) is 10.5 Å². The van der Waals surface area contributed by atoms with Crippen LogP contribution in [-0.2, 0) is 43.2 Å². The molecule has 9 heterocycles. The Morgan fingerprint density at radius 3 is 2.26 bits per heavy atom. The first kappa shape index (κ1) is 70.1. The topological polar surface area (TPSA) is 197 Å². The number of imide groups is 1. The van der Waals surface area contributed by atoms with Crippen LogP contribution in [-0.4, -0.2) is 218 Å². The van der Waals surface area contributed by atoms with Gasteiger partial charge in [-0.2, -0.15) is 11.8 Å². The zero-order valence-corrected chi connectivity index (χ0v) is 61.5. The lowest BCUT2D eigenvalue weighted by atomic mass is 9.72. The molecule has 98 heavy (non-hydrogen) atoms. The first-order valence-corrected chi connectivity index (χ1v) is 38.3. The first-order valence-electron chi connectivity index (χ1n) is 36.2. The van der Waals surface area contributed by atoms with E-state index in [-0.39, 0.29) is 54.0 Å². The van der Waals surface area contributed by atoms with E-state index in [0.717, 1.165) is 70.8 Å². The van der Waals surface area contributed by atoms with Crippen molar-refractivity contribution in [1.82, 2.24) is 54.6 Å². The van der Waals surface area contributed by atoms with Crippen LogP contribution < -0.4 is 5.32 Å². The Labute approximate surface area is 590 Å². The third-order valence-corrected chi connectivity index (χ3v) is 24.3. The van der Waals surface area contributed by atoms with E-state index in [1.165, 1.54) is 97.4 Å². The molecule has 0 spiro atoms. The number of hydrogen-bond donors (Lipinski definition) is 5. The van der Waals surface area contributed by atoms with Crippen LogP contribution in [0.5, 0.6) is 0 Å². The molecule has 5 amide bonds. The molecule has 6 aliphatic heterocycles. The Kier molecular flexibility index (Phi) is 20.4. The summed E-state index contributed by atoms with van der Waals surface area (Å²) in [5.74, 6) is -0.957. The Bertz CT molecular complexity index is 4100. The molecule has 11 atom stereocenters. The van der Waals surface area contributed by atoms with E-state index < -0.39 is 41.3 Å². The molecule has 4 fully saturated rings. The molecule has 524 valence electrons. The van der Waals surface area contributed by atoms with Gasteiger partial charge in [-0.05, 0) is 207 Å². The number of nitrogens with zero attached hydrogens (tertiary/aromatic N) is 7. The lowest BCUT2D eigenvalue weighted by Gasteiger charge is -2.49. The zero-order valence-electron chi connectivity index (χ0n) is 59.1. The summed E-state index contributed by atoms with van der Waals surface area (Å²) >= 11 is 5.72. The maximum Gasteiger partial charge on any atom is 0.324 e. The number of nitrogens with one attached hydrogen (secondary N) is 4. The summed E-state index contributed by atoms with van der Waals surface area (Å²) in [4.78, 5) is 93.1. The Hall–Kier alpha value is -6.36. The number of aliphatic hydroxyl groups is 1. The number of rotatable bonds is 18. The number of fused-ring (bicyclic) bond motifs is 9. The van der Waals surface area contributed by atoms with Gasteiger partial charge in [-0.25, -0.2) is 4.79 Å². The largest absolute Gasteiger partial charge is 0.361 e. The number of urea groups is 1. The van der Waals surface area contributed by atoms with Gasteiger partial charge < -0.3 is 39.9 Å². The third-order valence-electron chi connectivity index (χ3n) is 22.8. The molecule has 0 bridgehead atoms. The molecule has 18 nitrogen and oxygen atoms in total. The van der Waals surface area contributed by atoms with E-state index in [1.54, 1.807) is 10.5 Å². The second-order valence-electron chi connectivity index (χ2n) is 30.2. The maximum atomic E-state index is 14.5. The average Bonchev–Trinajstić information content (AvgIpc) is 1.53. The molecule has 0 radical (unpaired) electrons. The van der Waals surface area contributed by atoms with E-state index in [2.05, 4.69) is 156 Å². The normalized spacial score (nSPS) is 27.8. The Balaban J connectivity index is 0.000000139. The van der Waals surface area contributed by atoms with E-state index in [4.69, 9.17) is 4.74 Å². The molecule has 4 saturated heterocycles. The van der Waals surface area contributed by atoms with Crippen LogP contribution in [0.3, 0.4) is 0 Å². The van der Waals surface area contributed by atoms with E-state index in [1.807, 2.05) is 72.6 Å². The number of likely N-dealkylation sites (N-methyl/N-ethyl adjacent to an activating group) is 1. The Morgan fingerprint density at radius 1 is 0.867 bits per heavy atom. The fourth-order valence-electron chi connectivity index (χ4n) is 18.4. The highest BCUT2D eigenvalue weighted by atomic mass is 79.9. The van der Waals surface area contributed by atoms with Crippen LogP contribution >= 0.6 is 27.7 Å². The fraction of sp³-hybridized carbons (Fsp3) is 0.551. The lowest BCUT2D eigenvalue weighted by Crippen LogP contribution is -2.71. The molecule has 3 aliphatic carbocycles. The SMILES string of the molecule is C=CCN1C[C@H](C(=O)N(CCCN(C)C)C(=O)NCC)C=C2c3cccc4[nH]cc(c34)C[C@H]21.CC(C)C[C@H]1C(=O)N2CCC[C@H]2[C@]2(O)O[C@](CC(=O)[C@@H]3C=C4c5cccc6[nH]c(Br)c(c56)C[C@H]4N(C)C3)(C(C)C)C(=O)N12.CCCN1C[C@H](CSC)C[C@@H]2c3cccc4[nH]cc(c34)C[C@H]21. The van der Waals surface area contributed by atoms with E-state index >= 15 is 0 Å². The number of ether oxygens (including phenoxy) is 1. The van der Waals surface area contributed by atoms with Crippen molar-refractivity contribution in [2.45, 2.75) is 153 Å². The monoisotopic (exact) mass is 1420 g/mol. The minimum atomic E-state index is -1.95. The quantitative estimate of drug-likeness (QED) is 0.0512. The number of carbonyl (C=O) groups excluding carboxylic acids is 5. The first-order chi connectivity index (χ1) is 47.1. The predicted molar refractivity (Wildman–Crippen MR) is 396 cm³/mol. The van der Waals surface area contributed by atoms with Crippen LogP contribution in [0, 0.1) is 29.6 Å². The number of aromatic amines is 3. The molecule has 20 heteroatoms. The van der Waals surface area contributed by atoms with Gasteiger partial charge in [0.1, 0.15) is 17.9 Å². The zero-order chi connectivity index (χ0) is 69.2. The number of thioether (sulfide) groups is 1. The molecular weight excluding hydrogens is 1310 g/mol. The van der Waals surface area contributed by atoms with Crippen molar-refractivity contribution in [2.75, 3.05) is 92.1 Å². The van der Waals surface area contributed by atoms with Gasteiger partial charge in [-0.15, -0.1) is 6.58 Å². The Morgan fingerprint density at radius 2 is 1.56 bits per heavy atom. The van der Waals surface area contributed by atoms with Crippen molar-refractivity contribution in [2.24, 2.45) is 29.6 Å². The lowest BCUT2D eigenvalue weighted by molar-refractivity contribution is -0.319. The van der Waals surface area contributed by atoms with Gasteiger partial charge in [0.15, 0.2) is 5.60 Å². The number of benzene rings is 3. The minimum Gasteiger partial charge on any atom is -0.361 e. The highest BCUT2D eigenvalue weighted by molar-refractivity contribution is 9.10. The van der Waals surface area contributed by atoms with Crippen molar-refractivity contribution in [3.05, 3.63) is 130 Å². The number of likely N-dealkylation sites (tertiary alicyclic amines) is 1. The predicted octanol–water partition coefficient (Wildman–Crippen LogP) is 11.5. The van der Waals surface area contributed by atoms with Crippen molar-refractivity contribution >= 4 is 101 Å². The van der Waals surface area contributed by atoms with Crippen molar-refractivity contribution in [1.29, 1.82) is 0 Å². The average molecular weight is 1420 g/mol. The number of hydrogen-bond acceptors (Lipinski definition) is 12. The number of carbonyl (C=O) groups is 5. The standard InChI is InChI=1S/C33H41BrN4O5.C26H35N5O2.C19H26N2S/c1-17(2)12-25-30(40)37-11-7-10-27(37)33(42)38(25)31(41)32(43-33,18(3)4)15-26(39)19-13-21-20-8-6-9-23-28(20)22(29(34)35-23)14-24(21)36(5)16-19;1-5-11-30-17-19(25(32)31(26(33)27-6-2)13-8-12-29(3)4)14-21-20-9-7-10-22-24(20)18(16-28-22)15-23(21)30;1-3-7-21-11-13(12-22-2)8-16-15-5-4-6-17-19(15)14(10-20-17)9-18(16)21/h6,8-9,13,17-19,24-25,27,35,42H,7,10-12,14-16H2,1-5H3;5,7,9-10,14,16,19,23,28H,1,6,8,11-13,15,17H2,2-4H3,(H,27,33);4-6,10,13,16,18,20H,3,7-9,11-12H2,1-2H3/t19-,24-,25+,27+,32-,33+;19-,23-;13-,16-,18-/m111/s1. The summed E-state index contributed by atoms with van der Waals surface area (Å²) < 4.78 is 7.55. The summed E-state index contributed by atoms with van der Waals surface area (Å²) in [5.41, 5.74) is 12.3. The van der Waals surface area contributed by atoms with Gasteiger partial charge in [-0.1, -0.05) is 89.2 Å². The van der Waals surface area contributed by atoms with Crippen LogP contribution in [0.15, 0.2) is 96.4 Å². The summed E-state index contributed by atoms with van der Waals surface area (Å²) in [6.07, 6.45) is 20.6.